The van der Waals surface area contributed by atoms with Crippen molar-refractivity contribution >= 4 is 17.5 Å². The van der Waals surface area contributed by atoms with Crippen LogP contribution in [0.1, 0.15) is 18.9 Å². The van der Waals surface area contributed by atoms with E-state index in [9.17, 15) is 9.59 Å². The Kier molecular flexibility index (Phi) is 6.04. The summed E-state index contributed by atoms with van der Waals surface area (Å²) in [7, 11) is 0. The number of hydrogen-bond acceptors (Lipinski definition) is 4. The monoisotopic (exact) mass is 345 g/mol. The number of carbonyl (C=O) groups is 2. The smallest absolute Gasteiger partial charge is 0.227 e. The minimum Gasteiger partial charge on any atom is -0.379 e. The quantitative estimate of drug-likeness (QED) is 0.837. The predicted octanol–water partition coefficient (Wildman–Crippen LogP) is 1.05. The zero-order chi connectivity index (χ0) is 17.6. The number of aryl methyl sites for hydroxylation is 1. The molecule has 2 fully saturated rings. The minimum absolute atomic E-state index is 0.0157. The van der Waals surface area contributed by atoms with Crippen molar-refractivity contribution in [3.8, 4) is 0 Å². The van der Waals surface area contributed by atoms with E-state index in [2.05, 4.69) is 17.1 Å². The van der Waals surface area contributed by atoms with Gasteiger partial charge in [0.25, 0.3) is 0 Å². The first-order chi connectivity index (χ1) is 12.2. The van der Waals surface area contributed by atoms with Crippen LogP contribution in [0.4, 0.5) is 5.69 Å². The first-order valence-electron chi connectivity index (χ1n) is 9.15. The fourth-order valence-electron chi connectivity index (χ4n) is 3.50. The molecule has 1 aromatic carbocycles. The van der Waals surface area contributed by atoms with Crippen molar-refractivity contribution in [3.63, 3.8) is 0 Å². The number of morpholine rings is 1. The fourth-order valence-corrected chi connectivity index (χ4v) is 3.50. The number of amides is 2. The van der Waals surface area contributed by atoms with E-state index >= 15 is 0 Å². The van der Waals surface area contributed by atoms with Crippen molar-refractivity contribution in [1.82, 2.24) is 10.2 Å². The highest BCUT2D eigenvalue weighted by atomic mass is 16.5. The highest BCUT2D eigenvalue weighted by Crippen LogP contribution is 2.28. The molecule has 3 rings (SSSR count). The summed E-state index contributed by atoms with van der Waals surface area (Å²) in [5, 5.41) is 2.99. The van der Waals surface area contributed by atoms with Gasteiger partial charge in [0.2, 0.25) is 11.8 Å². The Labute approximate surface area is 149 Å². The van der Waals surface area contributed by atoms with Crippen LogP contribution in [0.5, 0.6) is 0 Å². The molecule has 0 radical (unpaired) electrons. The van der Waals surface area contributed by atoms with E-state index in [0.29, 0.717) is 19.5 Å². The Morgan fingerprint density at radius 1 is 1.28 bits per heavy atom. The number of ether oxygens (including phenoxy) is 1. The fraction of sp³-hybridized carbons (Fsp3) is 0.579. The van der Waals surface area contributed by atoms with Gasteiger partial charge in [-0.25, -0.2) is 0 Å². The van der Waals surface area contributed by atoms with E-state index in [1.54, 1.807) is 4.90 Å². The normalized spacial score (nSPS) is 21.6. The summed E-state index contributed by atoms with van der Waals surface area (Å²) in [5.41, 5.74) is 2.09. The molecule has 2 saturated heterocycles. The number of nitrogens with one attached hydrogen (secondary N) is 1. The van der Waals surface area contributed by atoms with Crippen LogP contribution >= 0.6 is 0 Å². The molecular formula is C19H27N3O3. The summed E-state index contributed by atoms with van der Waals surface area (Å²) in [6, 6.07) is 7.93. The molecule has 2 aliphatic heterocycles. The van der Waals surface area contributed by atoms with Crippen LogP contribution in [-0.4, -0.2) is 62.7 Å². The third-order valence-corrected chi connectivity index (χ3v) is 4.99. The third-order valence-electron chi connectivity index (χ3n) is 4.99. The molecule has 0 aromatic heterocycles. The van der Waals surface area contributed by atoms with Crippen molar-refractivity contribution in [3.05, 3.63) is 29.8 Å². The summed E-state index contributed by atoms with van der Waals surface area (Å²) in [5.74, 6) is -0.241. The maximum Gasteiger partial charge on any atom is 0.227 e. The number of rotatable bonds is 6. The lowest BCUT2D eigenvalue weighted by Crippen LogP contribution is -2.42. The average Bonchev–Trinajstić information content (AvgIpc) is 3.04. The van der Waals surface area contributed by atoms with Crippen LogP contribution in [-0.2, 0) is 20.7 Å². The predicted molar refractivity (Wildman–Crippen MR) is 96.5 cm³/mol. The van der Waals surface area contributed by atoms with E-state index in [-0.39, 0.29) is 17.7 Å². The molecule has 0 spiro atoms. The van der Waals surface area contributed by atoms with Gasteiger partial charge in [-0.1, -0.05) is 25.1 Å². The number of nitrogens with zero attached hydrogens (tertiary/aromatic N) is 2. The van der Waals surface area contributed by atoms with Crippen LogP contribution in [0.2, 0.25) is 0 Å². The second kappa shape index (κ2) is 8.45. The van der Waals surface area contributed by atoms with Crippen molar-refractivity contribution in [2.45, 2.75) is 19.8 Å². The summed E-state index contributed by atoms with van der Waals surface area (Å²) in [6.07, 6.45) is 1.16. The van der Waals surface area contributed by atoms with Crippen LogP contribution in [0.25, 0.3) is 0 Å². The SMILES string of the molecule is CCc1ccccc1N1CC(C(=O)NCCN2CCOCC2)CC1=O. The lowest BCUT2D eigenvalue weighted by Gasteiger charge is -2.26. The van der Waals surface area contributed by atoms with Gasteiger partial charge in [-0.3, -0.25) is 14.5 Å². The molecule has 1 unspecified atom stereocenters. The lowest BCUT2D eigenvalue weighted by atomic mass is 10.1. The highest BCUT2D eigenvalue weighted by molar-refractivity contribution is 6.00. The molecule has 1 aromatic rings. The van der Waals surface area contributed by atoms with Crippen molar-refractivity contribution in [2.24, 2.45) is 5.92 Å². The number of hydrogen-bond donors (Lipinski definition) is 1. The average molecular weight is 345 g/mol. The zero-order valence-electron chi connectivity index (χ0n) is 14.9. The van der Waals surface area contributed by atoms with Crippen LogP contribution in [0.15, 0.2) is 24.3 Å². The largest absolute Gasteiger partial charge is 0.379 e. The van der Waals surface area contributed by atoms with E-state index in [1.807, 2.05) is 24.3 Å². The summed E-state index contributed by atoms with van der Waals surface area (Å²) in [6.45, 7) is 7.36. The molecule has 0 bridgehead atoms. The van der Waals surface area contributed by atoms with Gasteiger partial charge < -0.3 is 15.0 Å². The molecule has 6 nitrogen and oxygen atoms in total. The van der Waals surface area contributed by atoms with Crippen LogP contribution in [0.3, 0.4) is 0 Å². The van der Waals surface area contributed by atoms with Gasteiger partial charge >= 0.3 is 0 Å². The zero-order valence-corrected chi connectivity index (χ0v) is 14.9. The Bertz CT molecular complexity index is 614. The first kappa shape index (κ1) is 17.9. The highest BCUT2D eigenvalue weighted by Gasteiger charge is 2.35. The van der Waals surface area contributed by atoms with Gasteiger partial charge in [-0.15, -0.1) is 0 Å². The molecule has 0 saturated carbocycles. The van der Waals surface area contributed by atoms with Crippen LogP contribution in [0, 0.1) is 5.92 Å². The van der Waals surface area contributed by atoms with Crippen LogP contribution < -0.4 is 10.2 Å². The second-order valence-electron chi connectivity index (χ2n) is 6.63. The Hall–Kier alpha value is -1.92. The number of carbonyl (C=O) groups excluding carboxylic acids is 2. The molecule has 0 aliphatic carbocycles. The summed E-state index contributed by atoms with van der Waals surface area (Å²) in [4.78, 5) is 28.9. The van der Waals surface area contributed by atoms with Gasteiger partial charge in [-0.2, -0.15) is 0 Å². The first-order valence-corrected chi connectivity index (χ1v) is 9.15. The molecule has 136 valence electrons. The van der Waals surface area contributed by atoms with Gasteiger partial charge in [0, 0.05) is 44.8 Å². The molecule has 2 heterocycles. The summed E-state index contributed by atoms with van der Waals surface area (Å²) < 4.78 is 5.32. The molecule has 1 N–H and O–H groups in total. The van der Waals surface area contributed by atoms with Gasteiger partial charge in [0.1, 0.15) is 0 Å². The number of anilines is 1. The van der Waals surface area contributed by atoms with Gasteiger partial charge in [0.15, 0.2) is 0 Å². The molecule has 2 amide bonds. The molecule has 1 atom stereocenters. The second-order valence-corrected chi connectivity index (χ2v) is 6.63. The van der Waals surface area contributed by atoms with E-state index in [1.165, 1.54) is 0 Å². The molecule has 6 heteroatoms. The van der Waals surface area contributed by atoms with Gasteiger partial charge in [-0.05, 0) is 18.1 Å². The maximum atomic E-state index is 12.4. The number of para-hydroxylation sites is 1. The minimum atomic E-state index is -0.262. The standard InChI is InChI=1S/C19H27N3O3/c1-2-15-5-3-4-6-17(15)22-14-16(13-18(22)23)19(24)20-7-8-21-9-11-25-12-10-21/h3-6,16H,2,7-14H2,1H3,(H,20,24). The van der Waals surface area contributed by atoms with E-state index in [4.69, 9.17) is 4.74 Å². The number of benzene rings is 1. The van der Waals surface area contributed by atoms with Crippen molar-refractivity contribution in [2.75, 3.05) is 50.8 Å². The Morgan fingerprint density at radius 2 is 2.04 bits per heavy atom. The van der Waals surface area contributed by atoms with E-state index in [0.717, 1.165) is 50.5 Å². The van der Waals surface area contributed by atoms with E-state index < -0.39 is 0 Å². The third kappa shape index (κ3) is 4.38. The lowest BCUT2D eigenvalue weighted by molar-refractivity contribution is -0.126. The Balaban J connectivity index is 1.52. The van der Waals surface area contributed by atoms with Crippen molar-refractivity contribution < 1.29 is 14.3 Å². The molecule has 2 aliphatic rings. The molecular weight excluding hydrogens is 318 g/mol. The maximum absolute atomic E-state index is 12.4. The summed E-state index contributed by atoms with van der Waals surface area (Å²) >= 11 is 0. The molecule has 25 heavy (non-hydrogen) atoms. The van der Waals surface area contributed by atoms with Gasteiger partial charge in [0.05, 0.1) is 19.1 Å². The topological polar surface area (TPSA) is 61.9 Å². The Morgan fingerprint density at radius 3 is 2.80 bits per heavy atom. The van der Waals surface area contributed by atoms with Crippen molar-refractivity contribution in [1.29, 1.82) is 0 Å².